The third-order valence-electron chi connectivity index (χ3n) is 4.29. The van der Waals surface area contributed by atoms with Gasteiger partial charge in [-0.25, -0.2) is 4.98 Å². The highest BCUT2D eigenvalue weighted by Crippen LogP contribution is 2.25. The van der Waals surface area contributed by atoms with Crippen LogP contribution in [0.15, 0.2) is 42.5 Å². The van der Waals surface area contributed by atoms with Crippen LogP contribution >= 0.6 is 11.3 Å². The Morgan fingerprint density at radius 2 is 2.00 bits per heavy atom. The van der Waals surface area contributed by atoms with Gasteiger partial charge in [0.05, 0.1) is 15.2 Å². The number of aryl methyl sites for hydroxylation is 3. The van der Waals surface area contributed by atoms with Gasteiger partial charge in [-0.2, -0.15) is 0 Å². The van der Waals surface area contributed by atoms with Crippen molar-refractivity contribution >= 4 is 33.1 Å². The van der Waals surface area contributed by atoms with E-state index >= 15 is 0 Å². The lowest BCUT2D eigenvalue weighted by Crippen LogP contribution is -2.12. The number of fused-ring (bicyclic) bond motifs is 2. The number of hydrogen-bond donors (Lipinski definition) is 1. The first-order chi connectivity index (χ1) is 11.3. The number of para-hydroxylation sites is 1. The smallest absolute Gasteiger partial charge is 0.224 e. The van der Waals surface area contributed by atoms with Crippen LogP contribution in [0, 0.1) is 0 Å². The average molecular weight is 322 g/mol. The number of amides is 1. The highest BCUT2D eigenvalue weighted by atomic mass is 32.1. The summed E-state index contributed by atoms with van der Waals surface area (Å²) in [5.41, 5.74) is 4.75. The van der Waals surface area contributed by atoms with Crippen LogP contribution in [0.5, 0.6) is 0 Å². The minimum absolute atomic E-state index is 0.0576. The molecule has 0 unspecified atom stereocenters. The van der Waals surface area contributed by atoms with Crippen LogP contribution in [0.2, 0.25) is 0 Å². The van der Waals surface area contributed by atoms with Crippen molar-refractivity contribution in [2.45, 2.75) is 32.1 Å². The maximum atomic E-state index is 12.2. The van der Waals surface area contributed by atoms with E-state index in [0.717, 1.165) is 22.6 Å². The quantitative estimate of drug-likeness (QED) is 0.775. The summed E-state index contributed by atoms with van der Waals surface area (Å²) in [6, 6.07) is 14.4. The van der Waals surface area contributed by atoms with Gasteiger partial charge in [-0.05, 0) is 54.7 Å². The van der Waals surface area contributed by atoms with Gasteiger partial charge in [0.2, 0.25) is 5.91 Å². The lowest BCUT2D eigenvalue weighted by molar-refractivity contribution is -0.116. The molecule has 3 nitrogen and oxygen atoms in total. The molecule has 1 amide bonds. The van der Waals surface area contributed by atoms with E-state index < -0.39 is 0 Å². The Morgan fingerprint density at radius 3 is 2.91 bits per heavy atom. The third kappa shape index (κ3) is 3.13. The van der Waals surface area contributed by atoms with E-state index in [0.29, 0.717) is 12.8 Å². The monoisotopic (exact) mass is 322 g/mol. The first kappa shape index (κ1) is 14.4. The molecule has 1 aromatic heterocycles. The molecule has 0 bridgehead atoms. The molecule has 1 aliphatic rings. The number of carbonyl (C=O) groups excluding carboxylic acids is 1. The Kier molecular flexibility index (Phi) is 3.83. The number of nitrogens with one attached hydrogen (secondary N) is 1. The Balaban J connectivity index is 1.38. The minimum Gasteiger partial charge on any atom is -0.326 e. The molecular weight excluding hydrogens is 304 g/mol. The summed E-state index contributed by atoms with van der Waals surface area (Å²) in [5.74, 6) is 0.0576. The highest BCUT2D eigenvalue weighted by Gasteiger charge is 2.12. The van der Waals surface area contributed by atoms with Crippen molar-refractivity contribution in [1.82, 2.24) is 4.98 Å². The number of rotatable bonds is 4. The molecule has 0 fully saturated rings. The van der Waals surface area contributed by atoms with Crippen LogP contribution in [0.25, 0.3) is 10.2 Å². The predicted molar refractivity (Wildman–Crippen MR) is 95.0 cm³/mol. The lowest BCUT2D eigenvalue weighted by atomic mass is 10.1. The average Bonchev–Trinajstić information content (AvgIpc) is 3.18. The SMILES string of the molecule is O=C(CCc1nc2ccccc2s1)Nc1ccc2c(c1)CCC2. The molecule has 1 N–H and O–H groups in total. The molecule has 1 aliphatic carbocycles. The fourth-order valence-electron chi connectivity index (χ4n) is 3.12. The molecule has 4 rings (SSSR count). The Bertz CT molecular complexity index is 836. The number of thiazole rings is 1. The Hall–Kier alpha value is -2.20. The van der Waals surface area contributed by atoms with E-state index in [1.54, 1.807) is 11.3 Å². The van der Waals surface area contributed by atoms with Crippen molar-refractivity contribution in [3.05, 3.63) is 58.6 Å². The second kappa shape index (κ2) is 6.13. The van der Waals surface area contributed by atoms with Crippen molar-refractivity contribution in [3.8, 4) is 0 Å². The summed E-state index contributed by atoms with van der Waals surface area (Å²) < 4.78 is 1.18. The number of benzene rings is 2. The lowest BCUT2D eigenvalue weighted by Gasteiger charge is -2.07. The topological polar surface area (TPSA) is 42.0 Å². The predicted octanol–water partition coefficient (Wildman–Crippen LogP) is 4.36. The number of carbonyl (C=O) groups is 1. The van der Waals surface area contributed by atoms with Gasteiger partial charge < -0.3 is 5.32 Å². The fraction of sp³-hybridized carbons (Fsp3) is 0.263. The van der Waals surface area contributed by atoms with E-state index in [1.165, 1.54) is 28.7 Å². The largest absolute Gasteiger partial charge is 0.326 e. The van der Waals surface area contributed by atoms with Crippen LogP contribution in [0.3, 0.4) is 0 Å². The molecule has 116 valence electrons. The van der Waals surface area contributed by atoms with Gasteiger partial charge in [0, 0.05) is 18.5 Å². The Labute approximate surface area is 139 Å². The summed E-state index contributed by atoms with van der Waals surface area (Å²) in [6.45, 7) is 0. The minimum atomic E-state index is 0.0576. The zero-order valence-corrected chi connectivity index (χ0v) is 13.7. The van der Waals surface area contributed by atoms with E-state index in [1.807, 2.05) is 24.3 Å². The summed E-state index contributed by atoms with van der Waals surface area (Å²) in [6.07, 6.45) is 4.68. The first-order valence-electron chi connectivity index (χ1n) is 8.04. The summed E-state index contributed by atoms with van der Waals surface area (Å²) in [5, 5.41) is 4.04. The summed E-state index contributed by atoms with van der Waals surface area (Å²) >= 11 is 1.67. The Morgan fingerprint density at radius 1 is 1.13 bits per heavy atom. The van der Waals surface area contributed by atoms with Gasteiger partial charge in [0.25, 0.3) is 0 Å². The van der Waals surface area contributed by atoms with Gasteiger partial charge in [-0.3, -0.25) is 4.79 Å². The molecule has 23 heavy (non-hydrogen) atoms. The second-order valence-electron chi connectivity index (χ2n) is 5.96. The van der Waals surface area contributed by atoms with Crippen molar-refractivity contribution in [2.24, 2.45) is 0 Å². The van der Waals surface area contributed by atoms with Crippen LogP contribution in [-0.2, 0) is 24.1 Å². The third-order valence-corrected chi connectivity index (χ3v) is 5.38. The molecule has 0 aliphatic heterocycles. The van der Waals surface area contributed by atoms with Crippen molar-refractivity contribution < 1.29 is 4.79 Å². The van der Waals surface area contributed by atoms with E-state index in [2.05, 4.69) is 28.5 Å². The number of anilines is 1. The summed E-state index contributed by atoms with van der Waals surface area (Å²) in [7, 11) is 0. The van der Waals surface area contributed by atoms with Gasteiger partial charge in [0.15, 0.2) is 0 Å². The highest BCUT2D eigenvalue weighted by molar-refractivity contribution is 7.18. The molecule has 0 saturated carbocycles. The number of aromatic nitrogens is 1. The fourth-order valence-corrected chi connectivity index (χ4v) is 4.09. The van der Waals surface area contributed by atoms with Crippen LogP contribution in [0.1, 0.15) is 29.0 Å². The number of hydrogen-bond acceptors (Lipinski definition) is 3. The molecule has 4 heteroatoms. The van der Waals surface area contributed by atoms with E-state index in [9.17, 15) is 4.79 Å². The molecule has 0 saturated heterocycles. The summed E-state index contributed by atoms with van der Waals surface area (Å²) in [4.78, 5) is 16.7. The van der Waals surface area contributed by atoms with Crippen molar-refractivity contribution in [2.75, 3.05) is 5.32 Å². The maximum Gasteiger partial charge on any atom is 0.224 e. The molecule has 3 aromatic rings. The standard InChI is InChI=1S/C19H18N2OS/c22-18(20-15-9-8-13-4-3-5-14(13)12-15)10-11-19-21-16-6-1-2-7-17(16)23-19/h1-2,6-9,12H,3-5,10-11H2,(H,20,22). The van der Waals surface area contributed by atoms with Crippen molar-refractivity contribution in [1.29, 1.82) is 0 Å². The van der Waals surface area contributed by atoms with E-state index in [4.69, 9.17) is 0 Å². The zero-order valence-electron chi connectivity index (χ0n) is 12.8. The van der Waals surface area contributed by atoms with Crippen LogP contribution in [0.4, 0.5) is 5.69 Å². The van der Waals surface area contributed by atoms with Gasteiger partial charge >= 0.3 is 0 Å². The normalized spacial score (nSPS) is 13.2. The van der Waals surface area contributed by atoms with Crippen molar-refractivity contribution in [3.63, 3.8) is 0 Å². The molecule has 0 spiro atoms. The molecule has 0 atom stereocenters. The second-order valence-corrected chi connectivity index (χ2v) is 7.08. The molecule has 1 heterocycles. The van der Waals surface area contributed by atoms with Gasteiger partial charge in [0.1, 0.15) is 0 Å². The number of nitrogens with zero attached hydrogens (tertiary/aromatic N) is 1. The zero-order chi connectivity index (χ0) is 15.6. The van der Waals surface area contributed by atoms with E-state index in [-0.39, 0.29) is 5.91 Å². The maximum absolute atomic E-state index is 12.2. The first-order valence-corrected chi connectivity index (χ1v) is 8.86. The van der Waals surface area contributed by atoms with Crippen LogP contribution in [-0.4, -0.2) is 10.9 Å². The van der Waals surface area contributed by atoms with Gasteiger partial charge in [-0.15, -0.1) is 11.3 Å². The van der Waals surface area contributed by atoms with Crippen LogP contribution < -0.4 is 5.32 Å². The molecule has 0 radical (unpaired) electrons. The molecule has 2 aromatic carbocycles. The molecular formula is C19H18N2OS. The van der Waals surface area contributed by atoms with Gasteiger partial charge in [-0.1, -0.05) is 18.2 Å².